The first-order valence-electron chi connectivity index (χ1n) is 21.9. The molecule has 0 amide bonds. The van der Waals surface area contributed by atoms with Crippen molar-refractivity contribution in [2.24, 2.45) is 0 Å². The average Bonchev–Trinajstić information content (AvgIpc) is 3.71. The lowest BCUT2D eigenvalue weighted by molar-refractivity contribution is 0.630. The first-order chi connectivity index (χ1) is 31.3. The van der Waals surface area contributed by atoms with Gasteiger partial charge in [-0.1, -0.05) is 147 Å². The molecule has 3 aliphatic heterocycles. The summed E-state index contributed by atoms with van der Waals surface area (Å²) >= 11 is 0. The van der Waals surface area contributed by atoms with E-state index in [0.717, 1.165) is 93.5 Å². The summed E-state index contributed by atoms with van der Waals surface area (Å²) in [4.78, 5) is 6.37. The van der Waals surface area contributed by atoms with Crippen molar-refractivity contribution in [2.45, 2.75) is 34.5 Å². The molecule has 0 bridgehead atoms. The van der Waals surface area contributed by atoms with E-state index in [1.165, 1.54) is 16.8 Å². The van der Waals surface area contributed by atoms with E-state index in [4.69, 9.17) is 4.42 Å². The zero-order chi connectivity index (χ0) is 43.0. The fourth-order valence-electron chi connectivity index (χ4n) is 11.3. The number of anilines is 6. The SMILES string of the molecule is C=S1(=O)c2ccccc2C2(c3ccccc3N(c3ccc(-c4ccc(N5c6ccccc6C(C)(C)c6cc7c(cc65)oc5ccccc57)cc4)cc3)c3ccccc32)c2ccccc21. The van der Waals surface area contributed by atoms with Gasteiger partial charge in [0.2, 0.25) is 0 Å². The fraction of sp³-hybridized carbons (Fsp3) is 0.0678. The highest BCUT2D eigenvalue weighted by molar-refractivity contribution is 8.00. The van der Waals surface area contributed by atoms with Gasteiger partial charge in [0, 0.05) is 52.9 Å². The number of hydrogen-bond acceptors (Lipinski definition) is 4. The van der Waals surface area contributed by atoms with Crippen LogP contribution in [0, 0.1) is 0 Å². The summed E-state index contributed by atoms with van der Waals surface area (Å²) in [5.41, 5.74) is 16.7. The van der Waals surface area contributed by atoms with Gasteiger partial charge in [0.25, 0.3) is 0 Å². The van der Waals surface area contributed by atoms with Crippen LogP contribution in [-0.4, -0.2) is 10.1 Å². The number of hydrogen-bond donors (Lipinski definition) is 0. The maximum Gasteiger partial charge on any atom is 0.137 e. The Hall–Kier alpha value is -7.60. The van der Waals surface area contributed by atoms with E-state index in [1.54, 1.807) is 0 Å². The van der Waals surface area contributed by atoms with E-state index >= 15 is 0 Å². The molecule has 3 aliphatic rings. The lowest BCUT2D eigenvalue weighted by atomic mass is 9.62. The summed E-state index contributed by atoms with van der Waals surface area (Å²) < 4.78 is 21.2. The summed E-state index contributed by atoms with van der Waals surface area (Å²) in [5.74, 6) is 4.38. The number of nitrogens with zero attached hydrogens (tertiary/aromatic N) is 2. The molecule has 4 heterocycles. The molecule has 0 saturated heterocycles. The van der Waals surface area contributed by atoms with Gasteiger partial charge in [-0.25, -0.2) is 0 Å². The van der Waals surface area contributed by atoms with Crippen LogP contribution in [0.2, 0.25) is 0 Å². The van der Waals surface area contributed by atoms with Crippen molar-refractivity contribution in [1.82, 2.24) is 0 Å². The number of para-hydroxylation sites is 4. The molecule has 0 atom stereocenters. The summed E-state index contributed by atoms with van der Waals surface area (Å²) in [7, 11) is -2.75. The molecule has 5 heteroatoms. The molecule has 0 aliphatic carbocycles. The Balaban J connectivity index is 0.904. The molecule has 0 saturated carbocycles. The third-order valence-electron chi connectivity index (χ3n) is 14.2. The van der Waals surface area contributed by atoms with E-state index in [1.807, 2.05) is 30.3 Å². The van der Waals surface area contributed by atoms with Gasteiger partial charge in [-0.15, -0.1) is 0 Å². The molecule has 0 fully saturated rings. The molecule has 10 aromatic rings. The molecule has 306 valence electrons. The first kappa shape index (κ1) is 37.0. The zero-order valence-corrected chi connectivity index (χ0v) is 36.3. The maximum absolute atomic E-state index is 14.7. The van der Waals surface area contributed by atoms with Crippen molar-refractivity contribution >= 4 is 71.5 Å². The standard InChI is InChI=1S/C59H42N2O2S/c1-58(2)44-17-5-10-22-50(44)61(53-37-55-43(36-49(53)58)42-16-4-13-25-54(42)63-55)41-34-30-39(31-35-41)38-28-32-40(33-29-38)60-51-23-11-6-18-45(51)59(46-19-7-12-24-52(46)60)47-20-8-14-26-56(47)64(3,62)57-27-15-9-21-48(57)59/h4-37H,3H2,1-2H3. The van der Waals surface area contributed by atoms with Crippen LogP contribution >= 0.6 is 0 Å². The van der Waals surface area contributed by atoms with Crippen LogP contribution in [0.4, 0.5) is 34.1 Å². The number of furan rings is 1. The third-order valence-corrected chi connectivity index (χ3v) is 16.3. The van der Waals surface area contributed by atoms with Gasteiger partial charge in [0.1, 0.15) is 11.2 Å². The molecular formula is C59H42N2O2S. The largest absolute Gasteiger partial charge is 0.456 e. The van der Waals surface area contributed by atoms with Crippen LogP contribution < -0.4 is 9.80 Å². The second-order valence-corrected chi connectivity index (χ2v) is 20.1. The van der Waals surface area contributed by atoms with Crippen LogP contribution in [0.3, 0.4) is 0 Å². The van der Waals surface area contributed by atoms with E-state index in [2.05, 4.69) is 205 Å². The maximum atomic E-state index is 14.7. The summed E-state index contributed by atoms with van der Waals surface area (Å²) in [5, 5.41) is 2.29. The number of benzene rings is 9. The second kappa shape index (κ2) is 13.2. The van der Waals surface area contributed by atoms with E-state index in [-0.39, 0.29) is 5.41 Å². The minimum atomic E-state index is -2.75. The lowest BCUT2D eigenvalue weighted by Crippen LogP contribution is -2.41. The van der Waals surface area contributed by atoms with Gasteiger partial charge in [0.05, 0.1) is 28.2 Å². The monoisotopic (exact) mass is 842 g/mol. The van der Waals surface area contributed by atoms with Crippen LogP contribution in [0.15, 0.2) is 220 Å². The minimum Gasteiger partial charge on any atom is -0.456 e. The molecule has 9 aromatic carbocycles. The molecule has 13 rings (SSSR count). The van der Waals surface area contributed by atoms with Crippen LogP contribution in [0.5, 0.6) is 0 Å². The van der Waals surface area contributed by atoms with Gasteiger partial charge in [0.15, 0.2) is 0 Å². The smallest absolute Gasteiger partial charge is 0.137 e. The van der Waals surface area contributed by atoms with Crippen LogP contribution in [0.1, 0.15) is 47.2 Å². The van der Waals surface area contributed by atoms with Crippen molar-refractivity contribution in [3.63, 3.8) is 0 Å². The molecular weight excluding hydrogens is 801 g/mol. The van der Waals surface area contributed by atoms with Gasteiger partial charge < -0.3 is 14.2 Å². The molecule has 4 nitrogen and oxygen atoms in total. The Bertz CT molecular complexity index is 3570. The van der Waals surface area contributed by atoms with E-state index in [0.29, 0.717) is 0 Å². The van der Waals surface area contributed by atoms with Crippen molar-refractivity contribution < 1.29 is 8.63 Å². The topological polar surface area (TPSA) is 36.7 Å². The molecule has 0 radical (unpaired) electrons. The van der Waals surface area contributed by atoms with E-state index < -0.39 is 14.9 Å². The highest BCUT2D eigenvalue weighted by atomic mass is 32.2. The van der Waals surface area contributed by atoms with Crippen LogP contribution in [-0.2, 0) is 20.4 Å². The Kier molecular flexibility index (Phi) is 7.64. The van der Waals surface area contributed by atoms with Crippen molar-refractivity contribution in [3.8, 4) is 11.1 Å². The van der Waals surface area contributed by atoms with Gasteiger partial charge in [-0.2, -0.15) is 0 Å². The normalized spacial score (nSPS) is 15.8. The zero-order valence-electron chi connectivity index (χ0n) is 35.5. The quantitative estimate of drug-likeness (QED) is 0.166. The predicted molar refractivity (Wildman–Crippen MR) is 264 cm³/mol. The number of rotatable bonds is 3. The Morgan fingerprint density at radius 2 is 0.859 bits per heavy atom. The molecule has 0 N–H and O–H groups in total. The second-order valence-electron chi connectivity index (χ2n) is 17.8. The Morgan fingerprint density at radius 1 is 0.422 bits per heavy atom. The van der Waals surface area contributed by atoms with Gasteiger partial charge in [-0.3, -0.25) is 4.21 Å². The highest BCUT2D eigenvalue weighted by Gasteiger charge is 2.52. The fourth-order valence-corrected chi connectivity index (χ4v) is 13.3. The lowest BCUT2D eigenvalue weighted by Gasteiger charge is -2.49. The van der Waals surface area contributed by atoms with Crippen molar-refractivity contribution in [3.05, 3.63) is 240 Å². The molecule has 1 aromatic heterocycles. The summed E-state index contributed by atoms with van der Waals surface area (Å²) in [6, 6.07) is 73.4. The average molecular weight is 843 g/mol. The molecule has 1 spiro atoms. The van der Waals surface area contributed by atoms with Gasteiger partial charge >= 0.3 is 0 Å². The summed E-state index contributed by atoms with van der Waals surface area (Å²) in [6.45, 7) is 4.66. The Labute approximate surface area is 373 Å². The Morgan fingerprint density at radius 3 is 1.42 bits per heavy atom. The highest BCUT2D eigenvalue weighted by Crippen LogP contribution is 2.62. The predicted octanol–water partition coefficient (Wildman–Crippen LogP) is 15.0. The van der Waals surface area contributed by atoms with Gasteiger partial charge in [-0.05, 0) is 117 Å². The summed E-state index contributed by atoms with van der Waals surface area (Å²) in [6.07, 6.45) is 0. The minimum absolute atomic E-state index is 0.214. The van der Waals surface area contributed by atoms with Crippen molar-refractivity contribution in [1.29, 1.82) is 0 Å². The number of fused-ring (bicyclic) bond motifs is 13. The van der Waals surface area contributed by atoms with E-state index in [9.17, 15) is 4.21 Å². The van der Waals surface area contributed by atoms with Crippen LogP contribution in [0.25, 0.3) is 33.1 Å². The molecule has 0 unspecified atom stereocenters. The van der Waals surface area contributed by atoms with Crippen molar-refractivity contribution in [2.75, 3.05) is 9.80 Å². The molecule has 64 heavy (non-hydrogen) atoms. The first-order valence-corrected chi connectivity index (χ1v) is 23.6. The third kappa shape index (κ3) is 4.87.